The molecule has 0 radical (unpaired) electrons. The number of rotatable bonds is 4. The summed E-state index contributed by atoms with van der Waals surface area (Å²) >= 11 is 1.46. The third-order valence-corrected chi connectivity index (χ3v) is 3.86. The monoisotopic (exact) mass is 274 g/mol. The molecule has 1 N–H and O–H groups in total. The highest BCUT2D eigenvalue weighted by Gasteiger charge is 2.07. The number of carbonyl (C=O) groups excluding carboxylic acids is 1. The molecule has 19 heavy (non-hydrogen) atoms. The highest BCUT2D eigenvalue weighted by molar-refractivity contribution is 7.13. The molecule has 0 saturated carbocycles. The van der Waals surface area contributed by atoms with Crippen LogP contribution in [0.25, 0.3) is 0 Å². The van der Waals surface area contributed by atoms with E-state index in [1.165, 1.54) is 28.0 Å². The summed E-state index contributed by atoms with van der Waals surface area (Å²) in [6, 6.07) is 6.34. The van der Waals surface area contributed by atoms with Gasteiger partial charge in [0.1, 0.15) is 0 Å². The number of nitrogens with one attached hydrogen (secondary N) is 1. The maximum absolute atomic E-state index is 11.8. The fourth-order valence-corrected chi connectivity index (χ4v) is 2.67. The summed E-state index contributed by atoms with van der Waals surface area (Å²) in [6.45, 7) is 6.08. The summed E-state index contributed by atoms with van der Waals surface area (Å²) < 4.78 is 0. The van der Waals surface area contributed by atoms with E-state index in [9.17, 15) is 4.79 Å². The second kappa shape index (κ2) is 5.97. The molecule has 0 atom stereocenters. The molecule has 3 nitrogen and oxygen atoms in total. The normalized spacial score (nSPS) is 10.5. The van der Waals surface area contributed by atoms with Gasteiger partial charge in [-0.1, -0.05) is 23.8 Å². The fraction of sp³-hybridized carbons (Fsp3) is 0.333. The number of aryl methyl sites for hydroxylation is 4. The number of thiazole rings is 1. The molecule has 0 saturated heterocycles. The number of nitrogens with zero attached hydrogens (tertiary/aromatic N) is 1. The van der Waals surface area contributed by atoms with Gasteiger partial charge in [0.2, 0.25) is 5.91 Å². The standard InChI is InChI=1S/C15H18N2OS/c1-10-4-5-13(11(2)8-10)6-7-14(18)17-15-16-12(3)9-19-15/h4-5,8-9H,6-7H2,1-3H3,(H,16,17,18). The Hall–Kier alpha value is -1.68. The Balaban J connectivity index is 1.89. The molecule has 0 unspecified atom stereocenters. The fourth-order valence-electron chi connectivity index (χ4n) is 1.97. The highest BCUT2D eigenvalue weighted by Crippen LogP contribution is 2.16. The van der Waals surface area contributed by atoms with Crippen LogP contribution in [0, 0.1) is 20.8 Å². The molecule has 1 heterocycles. The van der Waals surface area contributed by atoms with Gasteiger partial charge < -0.3 is 5.32 Å². The Kier molecular flexibility index (Phi) is 4.32. The Morgan fingerprint density at radius 1 is 1.32 bits per heavy atom. The Morgan fingerprint density at radius 2 is 2.11 bits per heavy atom. The number of aromatic nitrogens is 1. The predicted molar refractivity (Wildman–Crippen MR) is 79.7 cm³/mol. The summed E-state index contributed by atoms with van der Waals surface area (Å²) in [5.41, 5.74) is 4.67. The molecule has 0 fully saturated rings. The minimum absolute atomic E-state index is 0.0225. The molecule has 0 aliphatic carbocycles. The molecular formula is C15H18N2OS. The van der Waals surface area contributed by atoms with Crippen LogP contribution in [0.5, 0.6) is 0 Å². The van der Waals surface area contributed by atoms with Crippen molar-refractivity contribution >= 4 is 22.4 Å². The topological polar surface area (TPSA) is 42.0 Å². The van der Waals surface area contributed by atoms with Crippen LogP contribution < -0.4 is 5.32 Å². The number of hydrogen-bond donors (Lipinski definition) is 1. The Morgan fingerprint density at radius 3 is 2.74 bits per heavy atom. The smallest absolute Gasteiger partial charge is 0.226 e. The van der Waals surface area contributed by atoms with Crippen LogP contribution in [0.2, 0.25) is 0 Å². The van der Waals surface area contributed by atoms with Crippen molar-refractivity contribution in [3.63, 3.8) is 0 Å². The first kappa shape index (κ1) is 13.7. The minimum atomic E-state index is 0.0225. The molecule has 0 aliphatic rings. The van der Waals surface area contributed by atoms with Crippen LogP contribution in [-0.2, 0) is 11.2 Å². The summed E-state index contributed by atoms with van der Waals surface area (Å²) in [7, 11) is 0. The summed E-state index contributed by atoms with van der Waals surface area (Å²) in [6.07, 6.45) is 1.25. The lowest BCUT2D eigenvalue weighted by molar-refractivity contribution is -0.116. The number of anilines is 1. The maximum atomic E-state index is 11.8. The first-order valence-electron chi connectivity index (χ1n) is 6.32. The van der Waals surface area contributed by atoms with E-state index < -0.39 is 0 Å². The van der Waals surface area contributed by atoms with Gasteiger partial charge in [-0.25, -0.2) is 4.98 Å². The van der Waals surface area contributed by atoms with Crippen molar-refractivity contribution in [1.82, 2.24) is 4.98 Å². The van der Waals surface area contributed by atoms with Crippen molar-refractivity contribution in [3.05, 3.63) is 46.0 Å². The molecule has 2 rings (SSSR count). The Labute approximate surface area is 117 Å². The van der Waals surface area contributed by atoms with Gasteiger partial charge in [0.25, 0.3) is 0 Å². The average molecular weight is 274 g/mol. The SMILES string of the molecule is Cc1ccc(CCC(=O)Nc2nc(C)cs2)c(C)c1. The quantitative estimate of drug-likeness (QED) is 0.925. The van der Waals surface area contributed by atoms with Crippen molar-refractivity contribution in [2.24, 2.45) is 0 Å². The van der Waals surface area contributed by atoms with E-state index in [0.717, 1.165) is 12.1 Å². The lowest BCUT2D eigenvalue weighted by Gasteiger charge is -2.06. The lowest BCUT2D eigenvalue weighted by atomic mass is 10.0. The van der Waals surface area contributed by atoms with Crippen LogP contribution in [0.3, 0.4) is 0 Å². The first-order valence-corrected chi connectivity index (χ1v) is 7.20. The zero-order valence-corrected chi connectivity index (χ0v) is 12.3. The van der Waals surface area contributed by atoms with Crippen LogP contribution in [-0.4, -0.2) is 10.9 Å². The van der Waals surface area contributed by atoms with Gasteiger partial charge >= 0.3 is 0 Å². The molecule has 0 bridgehead atoms. The van der Waals surface area contributed by atoms with Crippen molar-refractivity contribution in [2.45, 2.75) is 33.6 Å². The number of benzene rings is 1. The zero-order valence-electron chi connectivity index (χ0n) is 11.5. The molecule has 1 amide bonds. The maximum Gasteiger partial charge on any atom is 0.226 e. The molecule has 1 aromatic heterocycles. The van der Waals surface area contributed by atoms with Gasteiger partial charge in [-0.05, 0) is 38.3 Å². The molecular weight excluding hydrogens is 256 g/mol. The number of carbonyl (C=O) groups is 1. The van der Waals surface area contributed by atoms with Crippen LogP contribution >= 0.6 is 11.3 Å². The van der Waals surface area contributed by atoms with Gasteiger partial charge in [0, 0.05) is 11.8 Å². The number of amides is 1. The molecule has 1 aromatic carbocycles. The second-order valence-corrected chi connectivity index (χ2v) is 5.63. The van der Waals surface area contributed by atoms with E-state index in [0.29, 0.717) is 11.6 Å². The van der Waals surface area contributed by atoms with E-state index in [1.54, 1.807) is 0 Å². The first-order chi connectivity index (χ1) is 9.04. The Bertz CT molecular complexity index is 590. The molecule has 2 aromatic rings. The summed E-state index contributed by atoms with van der Waals surface area (Å²) in [5.74, 6) is 0.0225. The summed E-state index contributed by atoms with van der Waals surface area (Å²) in [5, 5.41) is 5.45. The van der Waals surface area contributed by atoms with Gasteiger partial charge in [0.15, 0.2) is 5.13 Å². The van der Waals surface area contributed by atoms with E-state index in [1.807, 2.05) is 12.3 Å². The lowest BCUT2D eigenvalue weighted by Crippen LogP contribution is -2.12. The zero-order chi connectivity index (χ0) is 13.8. The minimum Gasteiger partial charge on any atom is -0.302 e. The molecule has 0 spiro atoms. The predicted octanol–water partition coefficient (Wildman–Crippen LogP) is 3.64. The summed E-state index contributed by atoms with van der Waals surface area (Å²) in [4.78, 5) is 16.1. The third-order valence-electron chi connectivity index (χ3n) is 2.98. The van der Waals surface area contributed by atoms with Crippen LogP contribution in [0.15, 0.2) is 23.6 Å². The van der Waals surface area contributed by atoms with Gasteiger partial charge in [-0.3, -0.25) is 4.79 Å². The van der Waals surface area contributed by atoms with E-state index in [2.05, 4.69) is 42.3 Å². The average Bonchev–Trinajstić information content (AvgIpc) is 2.73. The molecule has 4 heteroatoms. The number of hydrogen-bond acceptors (Lipinski definition) is 3. The van der Waals surface area contributed by atoms with Gasteiger partial charge in [0.05, 0.1) is 5.69 Å². The van der Waals surface area contributed by atoms with Crippen molar-refractivity contribution in [3.8, 4) is 0 Å². The van der Waals surface area contributed by atoms with Gasteiger partial charge in [-0.2, -0.15) is 0 Å². The van der Waals surface area contributed by atoms with E-state index in [-0.39, 0.29) is 5.91 Å². The van der Waals surface area contributed by atoms with Crippen LogP contribution in [0.4, 0.5) is 5.13 Å². The van der Waals surface area contributed by atoms with Crippen LogP contribution in [0.1, 0.15) is 28.8 Å². The van der Waals surface area contributed by atoms with E-state index in [4.69, 9.17) is 0 Å². The van der Waals surface area contributed by atoms with E-state index >= 15 is 0 Å². The van der Waals surface area contributed by atoms with Crippen molar-refractivity contribution < 1.29 is 4.79 Å². The van der Waals surface area contributed by atoms with Crippen molar-refractivity contribution in [2.75, 3.05) is 5.32 Å². The third kappa shape index (κ3) is 3.89. The highest BCUT2D eigenvalue weighted by atomic mass is 32.1. The molecule has 100 valence electrons. The van der Waals surface area contributed by atoms with Gasteiger partial charge in [-0.15, -0.1) is 11.3 Å². The molecule has 0 aliphatic heterocycles. The second-order valence-electron chi connectivity index (χ2n) is 4.77. The van der Waals surface area contributed by atoms with Crippen molar-refractivity contribution in [1.29, 1.82) is 0 Å². The largest absolute Gasteiger partial charge is 0.302 e.